The number of fused-ring (bicyclic) bond motifs is 3. The molecule has 4 aliphatic carbocycles. The van der Waals surface area contributed by atoms with Crippen molar-refractivity contribution in [3.63, 3.8) is 0 Å². The first-order valence-corrected chi connectivity index (χ1v) is 38.8. The van der Waals surface area contributed by atoms with Crippen LogP contribution in [0.25, 0.3) is 0 Å². The Hall–Kier alpha value is -6.69. The Balaban J connectivity index is 1.32. The molecule has 4 saturated carbocycles. The lowest BCUT2D eigenvalue weighted by Gasteiger charge is -2.54. The van der Waals surface area contributed by atoms with Gasteiger partial charge in [0.15, 0.2) is 0 Å². The summed E-state index contributed by atoms with van der Waals surface area (Å²) in [6, 6.07) is -10.2. The highest BCUT2D eigenvalue weighted by Crippen LogP contribution is 2.50. The smallest absolute Gasteiger partial charge is 0.377 e. The van der Waals surface area contributed by atoms with E-state index in [0.29, 0.717) is 19.3 Å². The minimum Gasteiger partial charge on any atom is -0.377 e. The molecule has 1 spiro atoms. The van der Waals surface area contributed by atoms with Crippen LogP contribution < -0.4 is 16.0 Å². The number of hydrogen-bond donors (Lipinski definition) is 3. The SMILES string of the molecule is CCO[C@@H]1C[C@H]2C(=O)NC3(CC(C)(C)C3)C(=O)N(C)[C@@H](C(CC)CC)C(=O)N(C)[C@H](CC)CC(=O)N(C)[C@@H](CC3CC3)C(=O)N[C@@H]([C@@H](C)CC)C(=O)N(C)CC(=O)N(C)[C@H]3C/C=C\CCN(C3=O)[C@@H](CC3CCC(C(F)(F)F)CC3)C(=O)N(C)CC(=O)N[C@@H](CCC3CC(F)C(C(F)(F)F)C(F)C3)C(=O)N2C1. The molecule has 606 valence electrons. The number of hydrogen-bond acceptors (Lipinski definition) is 12. The van der Waals surface area contributed by atoms with Crippen molar-refractivity contribution in [1.82, 2.24) is 55.1 Å². The lowest BCUT2D eigenvalue weighted by atomic mass is 9.58. The summed E-state index contributed by atoms with van der Waals surface area (Å²) in [5.74, 6) is -15.1. The Labute approximate surface area is 625 Å². The molecule has 0 radical (unpaired) electrons. The Morgan fingerprint density at radius 2 is 1.18 bits per heavy atom. The molecular weight excluding hydrogens is 1410 g/mol. The number of carbonyl (C=O) groups excluding carboxylic acids is 11. The Kier molecular flexibility index (Phi) is 30.2. The fraction of sp³-hybridized carbons (Fsp3) is 0.829. The molecule has 0 aromatic heterocycles. The second kappa shape index (κ2) is 36.9. The fourth-order valence-electron chi connectivity index (χ4n) is 17.6. The van der Waals surface area contributed by atoms with Gasteiger partial charge < -0.3 is 59.9 Å². The number of amides is 11. The minimum absolute atomic E-state index is 0.00726. The van der Waals surface area contributed by atoms with E-state index in [2.05, 4.69) is 16.0 Å². The molecule has 2 saturated heterocycles. The largest absolute Gasteiger partial charge is 0.397 e. The van der Waals surface area contributed by atoms with E-state index in [1.807, 2.05) is 34.6 Å². The van der Waals surface area contributed by atoms with E-state index in [4.69, 9.17) is 4.74 Å². The van der Waals surface area contributed by atoms with Crippen LogP contribution in [0.3, 0.4) is 0 Å². The van der Waals surface area contributed by atoms with Crippen molar-refractivity contribution in [3.05, 3.63) is 12.2 Å². The third-order valence-electron chi connectivity index (χ3n) is 24.3. The van der Waals surface area contributed by atoms with Gasteiger partial charge in [0.25, 0.3) is 0 Å². The first-order chi connectivity index (χ1) is 50.1. The van der Waals surface area contributed by atoms with Crippen LogP contribution in [0.15, 0.2) is 12.2 Å². The molecule has 3 N–H and O–H groups in total. The minimum atomic E-state index is -5.21. The molecule has 7 aliphatic rings. The monoisotopic (exact) mass is 1530 g/mol. The molecule has 0 aromatic carbocycles. The normalized spacial score (nSPS) is 32.5. The Morgan fingerprint density at radius 1 is 0.589 bits per heavy atom. The van der Waals surface area contributed by atoms with Crippen LogP contribution in [-0.2, 0) is 57.5 Å². The molecule has 23 nitrogen and oxygen atoms in total. The number of ether oxygens (including phenoxy) is 1. The molecule has 6 fully saturated rings. The Morgan fingerprint density at radius 3 is 1.72 bits per heavy atom. The number of alkyl halides is 8. The number of carbonyl (C=O) groups is 11. The molecule has 3 heterocycles. The summed E-state index contributed by atoms with van der Waals surface area (Å²) in [6.45, 7) is 12.8. The average molecular weight is 1530 g/mol. The first-order valence-electron chi connectivity index (χ1n) is 38.8. The highest BCUT2D eigenvalue weighted by molar-refractivity contribution is 6.00. The first kappa shape index (κ1) is 87.5. The van der Waals surface area contributed by atoms with Crippen LogP contribution in [-0.4, -0.2) is 264 Å². The molecule has 2 bridgehead atoms. The van der Waals surface area contributed by atoms with Crippen molar-refractivity contribution in [2.45, 2.75) is 281 Å². The lowest BCUT2D eigenvalue weighted by molar-refractivity contribution is -0.219. The average Bonchev–Trinajstić information content (AvgIpc) is 1.58. The van der Waals surface area contributed by atoms with Gasteiger partial charge in [-0.3, -0.25) is 52.7 Å². The van der Waals surface area contributed by atoms with E-state index in [-0.39, 0.29) is 116 Å². The van der Waals surface area contributed by atoms with Crippen molar-refractivity contribution in [3.8, 4) is 0 Å². The molecule has 2 unspecified atom stereocenters. The number of nitrogens with zero attached hydrogens (tertiary/aromatic N) is 8. The molecule has 12 atom stereocenters. The summed E-state index contributed by atoms with van der Waals surface area (Å²) >= 11 is 0. The lowest BCUT2D eigenvalue weighted by Crippen LogP contribution is -2.71. The van der Waals surface area contributed by atoms with Crippen LogP contribution in [0.2, 0.25) is 0 Å². The Bertz CT molecular complexity index is 3160. The fourth-order valence-corrected chi connectivity index (χ4v) is 17.6. The van der Waals surface area contributed by atoms with Crippen LogP contribution >= 0.6 is 0 Å². The van der Waals surface area contributed by atoms with Crippen molar-refractivity contribution in [2.24, 2.45) is 46.8 Å². The summed E-state index contributed by atoms with van der Waals surface area (Å²) in [5.41, 5.74) is -2.25. The van der Waals surface area contributed by atoms with Crippen LogP contribution in [0.5, 0.6) is 0 Å². The predicted molar refractivity (Wildman–Crippen MR) is 382 cm³/mol. The molecule has 7 rings (SSSR count). The molecule has 31 heteroatoms. The van der Waals surface area contributed by atoms with E-state index in [1.165, 1.54) is 54.8 Å². The summed E-state index contributed by atoms with van der Waals surface area (Å²) in [4.78, 5) is 176. The maximum Gasteiger partial charge on any atom is 0.397 e. The third-order valence-corrected chi connectivity index (χ3v) is 24.3. The zero-order chi connectivity index (χ0) is 79.7. The van der Waals surface area contributed by atoms with Gasteiger partial charge in [-0.25, -0.2) is 8.78 Å². The van der Waals surface area contributed by atoms with Crippen molar-refractivity contribution in [1.29, 1.82) is 0 Å². The predicted octanol–water partition coefficient (Wildman–Crippen LogP) is 8.31. The molecule has 107 heavy (non-hydrogen) atoms. The van der Waals surface area contributed by atoms with E-state index < -0.39 is 223 Å². The molecule has 3 aliphatic heterocycles. The van der Waals surface area contributed by atoms with Gasteiger partial charge in [0.05, 0.1) is 25.1 Å². The van der Waals surface area contributed by atoms with Gasteiger partial charge in [0.1, 0.15) is 66.1 Å². The number of halogens is 8. The zero-order valence-electron chi connectivity index (χ0n) is 65.1. The van der Waals surface area contributed by atoms with Gasteiger partial charge in [-0.2, -0.15) is 26.3 Å². The van der Waals surface area contributed by atoms with Crippen LogP contribution in [0, 0.1) is 46.8 Å². The highest BCUT2D eigenvalue weighted by Gasteiger charge is 2.60. The topological polar surface area (TPSA) is 259 Å². The number of rotatable bonds is 15. The zero-order valence-corrected chi connectivity index (χ0v) is 65.1. The second-order valence-electron chi connectivity index (χ2n) is 32.7. The van der Waals surface area contributed by atoms with E-state index in [9.17, 15) is 50.3 Å². The quantitative estimate of drug-likeness (QED) is 0.103. The van der Waals surface area contributed by atoms with Crippen LogP contribution in [0.4, 0.5) is 35.1 Å². The summed E-state index contributed by atoms with van der Waals surface area (Å²) < 4.78 is 121. The second-order valence-corrected chi connectivity index (χ2v) is 32.7. The van der Waals surface area contributed by atoms with Gasteiger partial charge in [-0.1, -0.05) is 92.7 Å². The van der Waals surface area contributed by atoms with E-state index in [1.54, 1.807) is 40.0 Å². The highest BCUT2D eigenvalue weighted by atomic mass is 19.4. The number of likely N-dealkylation sites (N-methyl/N-ethyl adjacent to an activating group) is 6. The molecule has 11 amide bonds. The molecule has 0 aromatic rings. The summed E-state index contributed by atoms with van der Waals surface area (Å²) in [5, 5.41) is 8.59. The van der Waals surface area contributed by atoms with Gasteiger partial charge in [-0.15, -0.1) is 0 Å². The van der Waals surface area contributed by atoms with E-state index >= 15 is 37.5 Å². The van der Waals surface area contributed by atoms with Crippen molar-refractivity contribution < 1.29 is 92.6 Å². The van der Waals surface area contributed by atoms with Gasteiger partial charge >= 0.3 is 12.4 Å². The standard InChI is InChI=1S/C76H119F8N11O12/c1-15-44(6)63-70(104)89(10)41-61(98)91(12)55-23-21-20-22-32-94(69(55)103)58(36-46-26-29-49(30-27-46)75(79,80)81)68(102)88(9)40-59(96)85-54(31-28-47-33-52(77)62(53(78)34-47)76(82,83)84)67(101)95-39-51(107-19-5)38-57(95)66(100)87-74(42-73(7,8)43-74)72(106)93(14)64(48(16-2)17-3)71(105)90(11)50(18-4)37-60(97)92(13)56(65(99)86-63)35-45-24-25-45/h20-21,44-58,62-64H,15-19,22-43H2,1-14H3,(H,85,96)(H,86,99)(H,87,100)/b21-20-/t44-,46?,47?,49?,50+,51+,52?,53?,54-,55-,56-,57-,58-,62?,63-,64-/m0/s1. The number of nitrogens with one attached hydrogen (secondary N) is 3. The summed E-state index contributed by atoms with van der Waals surface area (Å²) in [6.07, 6.45) is -12.3. The van der Waals surface area contributed by atoms with E-state index in [0.717, 1.165) is 32.4 Å². The maximum absolute atomic E-state index is 15.7. The third kappa shape index (κ3) is 21.5. The van der Waals surface area contributed by atoms with Gasteiger partial charge in [0.2, 0.25) is 65.0 Å². The summed E-state index contributed by atoms with van der Waals surface area (Å²) in [7, 11) is 8.46. The van der Waals surface area contributed by atoms with Gasteiger partial charge in [-0.05, 0) is 138 Å². The van der Waals surface area contributed by atoms with Crippen molar-refractivity contribution in [2.75, 3.05) is 75.1 Å². The molecular formula is C76H119F8N11O12. The van der Waals surface area contributed by atoms with Crippen LogP contribution in [0.1, 0.15) is 197 Å². The maximum atomic E-state index is 15.7. The van der Waals surface area contributed by atoms with Gasteiger partial charge in [0, 0.05) is 80.9 Å². The van der Waals surface area contributed by atoms with Crippen molar-refractivity contribution >= 4 is 65.0 Å².